The van der Waals surface area contributed by atoms with Gasteiger partial charge in [0, 0.05) is 18.0 Å². The smallest absolute Gasteiger partial charge is 0.267 e. The van der Waals surface area contributed by atoms with E-state index in [1.807, 2.05) is 18.2 Å². The number of hydrogen-bond acceptors (Lipinski definition) is 3. The van der Waals surface area contributed by atoms with E-state index in [2.05, 4.69) is 29.3 Å². The molecule has 0 aliphatic carbocycles. The van der Waals surface area contributed by atoms with Crippen LogP contribution < -0.4 is 0 Å². The second-order valence-corrected chi connectivity index (χ2v) is 7.25. The normalized spacial score (nSPS) is 28.5. The zero-order valence-electron chi connectivity index (χ0n) is 14.0. The summed E-state index contributed by atoms with van der Waals surface area (Å²) >= 11 is 0. The van der Waals surface area contributed by atoms with Crippen molar-refractivity contribution in [2.24, 2.45) is 0 Å². The maximum absolute atomic E-state index is 12.9. The van der Waals surface area contributed by atoms with E-state index in [9.17, 15) is 9.59 Å². The molecule has 0 unspecified atom stereocenters. The van der Waals surface area contributed by atoms with Crippen molar-refractivity contribution >= 4 is 11.8 Å². The molecule has 3 atom stereocenters. The van der Waals surface area contributed by atoms with E-state index < -0.39 is 0 Å². The highest BCUT2D eigenvalue weighted by Crippen LogP contribution is 2.47. The Kier molecular flexibility index (Phi) is 3.28. The van der Waals surface area contributed by atoms with Crippen molar-refractivity contribution in [3.63, 3.8) is 0 Å². The van der Waals surface area contributed by atoms with Crippen molar-refractivity contribution < 1.29 is 9.59 Å². The fourth-order valence-corrected chi connectivity index (χ4v) is 4.92. The molecule has 0 N–H and O–H groups in total. The first-order chi connectivity index (χ1) is 12.3. The van der Waals surface area contributed by atoms with Gasteiger partial charge in [0.1, 0.15) is 0 Å². The molecule has 5 rings (SSSR count). The third-order valence-electron chi connectivity index (χ3n) is 5.97. The third-order valence-corrected chi connectivity index (χ3v) is 5.97. The zero-order chi connectivity index (χ0) is 17.0. The number of carbonyl (C=O) groups excluding carboxylic acids is 2. The lowest BCUT2D eigenvalue weighted by Gasteiger charge is -2.40. The molecule has 3 heterocycles. The summed E-state index contributed by atoms with van der Waals surface area (Å²) in [5.74, 6) is 0.0652. The van der Waals surface area contributed by atoms with Crippen LogP contribution in [0.1, 0.15) is 57.9 Å². The first kappa shape index (κ1) is 14.8. The molecule has 0 spiro atoms. The molecule has 0 radical (unpaired) electrons. The van der Waals surface area contributed by atoms with Crippen LogP contribution >= 0.6 is 0 Å². The number of imide groups is 1. The van der Waals surface area contributed by atoms with Crippen LogP contribution in [0.2, 0.25) is 0 Å². The number of rotatable bonds is 2. The van der Waals surface area contributed by atoms with Crippen molar-refractivity contribution in [2.75, 3.05) is 0 Å². The van der Waals surface area contributed by atoms with Gasteiger partial charge >= 0.3 is 0 Å². The van der Waals surface area contributed by atoms with Crippen LogP contribution in [0.3, 0.4) is 0 Å². The maximum atomic E-state index is 12.9. The molecular formula is C21H20N2O2. The Morgan fingerprint density at radius 3 is 2.12 bits per heavy atom. The number of nitrogens with zero attached hydrogens (tertiary/aromatic N) is 2. The average Bonchev–Trinajstić information content (AvgIpc) is 3.02. The number of piperidine rings is 1. The van der Waals surface area contributed by atoms with Crippen LogP contribution in [0.5, 0.6) is 0 Å². The predicted octanol–water partition coefficient (Wildman–Crippen LogP) is 3.61. The fraction of sp³-hybridized carbons (Fsp3) is 0.333. The first-order valence-electron chi connectivity index (χ1n) is 9.06. The second-order valence-electron chi connectivity index (χ2n) is 7.25. The molecule has 0 saturated carbocycles. The lowest BCUT2D eigenvalue weighted by Crippen LogP contribution is -2.54. The van der Waals surface area contributed by atoms with E-state index in [1.54, 1.807) is 12.1 Å². The zero-order valence-corrected chi connectivity index (χ0v) is 14.0. The van der Waals surface area contributed by atoms with Gasteiger partial charge in [0.25, 0.3) is 11.8 Å². The molecule has 3 aliphatic heterocycles. The monoisotopic (exact) mass is 332 g/mol. The number of hydrazine groups is 1. The van der Waals surface area contributed by atoms with Gasteiger partial charge in [-0.1, -0.05) is 48.9 Å². The predicted molar refractivity (Wildman–Crippen MR) is 94.0 cm³/mol. The summed E-state index contributed by atoms with van der Waals surface area (Å²) in [4.78, 5) is 25.9. The van der Waals surface area contributed by atoms with E-state index in [0.29, 0.717) is 17.0 Å². The van der Waals surface area contributed by atoms with Crippen LogP contribution in [-0.4, -0.2) is 33.9 Å². The average molecular weight is 332 g/mol. The molecule has 2 amide bonds. The minimum absolute atomic E-state index is 0.161. The molecule has 3 aliphatic rings. The number of amides is 2. The maximum Gasteiger partial charge on any atom is 0.276 e. The number of hydrogen-bond donors (Lipinski definition) is 0. The van der Waals surface area contributed by atoms with Crippen LogP contribution in [0, 0.1) is 0 Å². The number of carbonyl (C=O) groups is 2. The van der Waals surface area contributed by atoms with Crippen molar-refractivity contribution in [3.8, 4) is 0 Å². The highest BCUT2D eigenvalue weighted by Gasteiger charge is 2.52. The highest BCUT2D eigenvalue weighted by atomic mass is 16.2. The highest BCUT2D eigenvalue weighted by molar-refractivity contribution is 6.21. The van der Waals surface area contributed by atoms with E-state index in [-0.39, 0.29) is 23.9 Å². The lowest BCUT2D eigenvalue weighted by atomic mass is 9.90. The molecule has 2 bridgehead atoms. The molecule has 4 heteroatoms. The summed E-state index contributed by atoms with van der Waals surface area (Å²) in [6, 6.07) is 18.2. The van der Waals surface area contributed by atoms with E-state index in [0.717, 1.165) is 19.3 Å². The van der Waals surface area contributed by atoms with Crippen molar-refractivity contribution in [2.45, 2.75) is 43.7 Å². The number of benzene rings is 2. The van der Waals surface area contributed by atoms with Gasteiger partial charge in [-0.25, -0.2) is 10.0 Å². The Morgan fingerprint density at radius 1 is 0.800 bits per heavy atom. The van der Waals surface area contributed by atoms with Crippen molar-refractivity contribution in [3.05, 3.63) is 71.3 Å². The molecule has 2 aromatic rings. The fourth-order valence-electron chi connectivity index (χ4n) is 4.92. The van der Waals surface area contributed by atoms with Gasteiger partial charge in [0.2, 0.25) is 0 Å². The summed E-state index contributed by atoms with van der Waals surface area (Å²) in [6.07, 6.45) is 4.26. The van der Waals surface area contributed by atoms with Crippen LogP contribution in [0.4, 0.5) is 0 Å². The number of fused-ring (bicyclic) bond motifs is 3. The minimum Gasteiger partial charge on any atom is -0.267 e. The molecular weight excluding hydrogens is 312 g/mol. The van der Waals surface area contributed by atoms with Crippen LogP contribution in [-0.2, 0) is 0 Å². The molecule has 2 saturated heterocycles. The SMILES string of the molecule is O=C1c2ccccc2C(=O)N1N1[C@H]2CCC[C@@H]1[C@@H](c1ccccc1)C2. The standard InChI is InChI=1S/C21H20N2O2/c24-20-16-10-4-5-11-17(16)21(25)23(20)22-15-9-6-12-19(22)18(13-15)14-7-2-1-3-8-14/h1-5,7-8,10-11,15,18-19H,6,9,12-13H2/t15-,18+,19+/m0/s1. The Morgan fingerprint density at radius 2 is 1.44 bits per heavy atom. The van der Waals surface area contributed by atoms with Crippen molar-refractivity contribution in [1.29, 1.82) is 0 Å². The van der Waals surface area contributed by atoms with Crippen molar-refractivity contribution in [1.82, 2.24) is 10.0 Å². The second kappa shape index (κ2) is 5.53. The summed E-state index contributed by atoms with van der Waals surface area (Å²) in [6.45, 7) is 0. The van der Waals surface area contributed by atoms with Gasteiger partial charge in [0.05, 0.1) is 11.1 Å². The van der Waals surface area contributed by atoms with Crippen LogP contribution in [0.25, 0.3) is 0 Å². The molecule has 0 aromatic heterocycles. The van der Waals surface area contributed by atoms with Gasteiger partial charge in [-0.05, 0) is 37.0 Å². The van der Waals surface area contributed by atoms with Gasteiger partial charge < -0.3 is 0 Å². The first-order valence-corrected chi connectivity index (χ1v) is 9.06. The quantitative estimate of drug-likeness (QED) is 0.789. The summed E-state index contributed by atoms with van der Waals surface area (Å²) in [5, 5.41) is 3.56. The van der Waals surface area contributed by atoms with Gasteiger partial charge in [-0.3, -0.25) is 9.59 Å². The molecule has 126 valence electrons. The Balaban J connectivity index is 1.53. The van der Waals surface area contributed by atoms with E-state index in [4.69, 9.17) is 0 Å². The largest absolute Gasteiger partial charge is 0.276 e. The van der Waals surface area contributed by atoms with Crippen LogP contribution in [0.15, 0.2) is 54.6 Å². The Hall–Kier alpha value is -2.46. The van der Waals surface area contributed by atoms with E-state index in [1.165, 1.54) is 17.0 Å². The minimum atomic E-state index is -0.161. The Bertz CT molecular complexity index is 813. The lowest BCUT2D eigenvalue weighted by molar-refractivity contribution is -0.0415. The molecule has 2 fully saturated rings. The summed E-state index contributed by atoms with van der Waals surface area (Å²) in [7, 11) is 0. The van der Waals surface area contributed by atoms with E-state index >= 15 is 0 Å². The molecule has 2 aromatic carbocycles. The summed E-state index contributed by atoms with van der Waals surface area (Å²) < 4.78 is 0. The molecule has 25 heavy (non-hydrogen) atoms. The Labute approximate surface area is 147 Å². The van der Waals surface area contributed by atoms with Gasteiger partial charge in [-0.15, -0.1) is 0 Å². The topological polar surface area (TPSA) is 40.6 Å². The van der Waals surface area contributed by atoms with Gasteiger partial charge in [0.15, 0.2) is 0 Å². The summed E-state index contributed by atoms with van der Waals surface area (Å²) in [5.41, 5.74) is 2.39. The molecule has 4 nitrogen and oxygen atoms in total. The third kappa shape index (κ3) is 2.10. The van der Waals surface area contributed by atoms with Gasteiger partial charge in [-0.2, -0.15) is 0 Å².